The molecule has 1 aromatic heterocycles. The molecule has 1 atom stereocenters. The fraction of sp³-hybridized carbons (Fsp3) is 0.485. The summed E-state index contributed by atoms with van der Waals surface area (Å²) in [5, 5.41) is 16.4. The lowest BCUT2D eigenvalue weighted by Gasteiger charge is -2.32. The van der Waals surface area contributed by atoms with Crippen molar-refractivity contribution < 1.29 is 19.4 Å². The van der Waals surface area contributed by atoms with Crippen LogP contribution >= 0.6 is 23.2 Å². The number of ether oxygens (including phenoxy) is 1. The summed E-state index contributed by atoms with van der Waals surface area (Å²) in [6.45, 7) is 12.9. The highest BCUT2D eigenvalue weighted by Gasteiger charge is 2.21. The van der Waals surface area contributed by atoms with Crippen molar-refractivity contribution in [3.8, 4) is 17.1 Å². The molecule has 3 N–H and O–H groups in total. The van der Waals surface area contributed by atoms with E-state index in [0.717, 1.165) is 43.6 Å². The molecule has 250 valence electrons. The van der Waals surface area contributed by atoms with Crippen LogP contribution in [0.15, 0.2) is 52.3 Å². The van der Waals surface area contributed by atoms with Gasteiger partial charge < -0.3 is 20.5 Å². The third-order valence-electron chi connectivity index (χ3n) is 7.61. The molecule has 46 heavy (non-hydrogen) atoms. The van der Waals surface area contributed by atoms with E-state index in [-0.39, 0.29) is 5.91 Å². The Labute approximate surface area is 281 Å². The quantitative estimate of drug-likeness (QED) is 0.154. The zero-order valence-electron chi connectivity index (χ0n) is 26.8. The van der Waals surface area contributed by atoms with Gasteiger partial charge in [0, 0.05) is 67.9 Å². The molecule has 1 unspecified atom stereocenters. The Morgan fingerprint density at radius 3 is 2.54 bits per heavy atom. The Bertz CT molecular complexity index is 1360. The van der Waals surface area contributed by atoms with Gasteiger partial charge in [-0.15, -0.1) is 0 Å². The molecule has 0 aliphatic carbocycles. The Morgan fingerprint density at radius 1 is 1.20 bits per heavy atom. The summed E-state index contributed by atoms with van der Waals surface area (Å²) in [7, 11) is 1.86. The summed E-state index contributed by atoms with van der Waals surface area (Å²) in [5.74, 6) is -0.126. The molecule has 3 rings (SSSR count). The minimum Gasteiger partial charge on any atom is -0.481 e. The van der Waals surface area contributed by atoms with Crippen LogP contribution in [-0.4, -0.2) is 104 Å². The fourth-order valence-corrected chi connectivity index (χ4v) is 5.65. The first-order chi connectivity index (χ1) is 22.1. The molecule has 1 fully saturated rings. The number of aliphatic carboxylic acids is 1. The molecular weight excluding hydrogens is 629 g/mol. The number of aromatic nitrogens is 1. The van der Waals surface area contributed by atoms with Gasteiger partial charge in [-0.3, -0.25) is 29.4 Å². The summed E-state index contributed by atoms with van der Waals surface area (Å²) < 4.78 is 6.19. The summed E-state index contributed by atoms with van der Waals surface area (Å²) >= 11 is 12.6. The number of likely N-dealkylation sites (tertiary alicyclic amines) is 1. The van der Waals surface area contributed by atoms with Gasteiger partial charge >= 0.3 is 5.97 Å². The van der Waals surface area contributed by atoms with E-state index in [2.05, 4.69) is 37.1 Å². The van der Waals surface area contributed by atoms with Crippen LogP contribution in [0.4, 0.5) is 0 Å². The van der Waals surface area contributed by atoms with Crippen LogP contribution in [0.2, 0.25) is 10.0 Å². The van der Waals surface area contributed by atoms with Gasteiger partial charge in [0.25, 0.3) is 0 Å². The molecule has 1 aromatic carbocycles. The number of piperidine rings is 1. The number of halogens is 2. The fourth-order valence-electron chi connectivity index (χ4n) is 5.13. The molecule has 2 heterocycles. The Hall–Kier alpha value is -3.35. The lowest BCUT2D eigenvalue weighted by Crippen LogP contribution is -2.37. The summed E-state index contributed by atoms with van der Waals surface area (Å²) in [4.78, 5) is 40.3. The average Bonchev–Trinajstić information content (AvgIpc) is 3.00. The number of carboxylic acid groups (broad SMARTS) is 1. The van der Waals surface area contributed by atoms with Gasteiger partial charge in [-0.05, 0) is 75.4 Å². The molecule has 1 amide bonds. The first-order valence-electron chi connectivity index (χ1n) is 15.4. The van der Waals surface area contributed by atoms with Crippen LogP contribution in [0, 0.1) is 11.8 Å². The standard InChI is InChI=1S/C33H45Cl2N7O4/c1-23(33(44)45)21-42(11-7-36-3)12-8-38-20-30(19-37-4)46-32-14-26(13-31(40-32)27-15-28(34)17-29(35)16-27)22-41-9-5-25(6-10-41)18-39-24(2)43/h13-17,19-20,23,25,36H,4-12,18,21-22H2,1-3H3,(H,39,43)(H,44,45)/b30-19+,38-20-. The van der Waals surface area contributed by atoms with E-state index in [4.69, 9.17) is 32.9 Å². The number of likely N-dealkylation sites (N-methyl/N-ethyl adjacent to an activating group) is 1. The number of aliphatic imine (C=N–C) groups is 2. The molecule has 0 bridgehead atoms. The Morgan fingerprint density at radius 2 is 1.91 bits per heavy atom. The number of nitrogens with zero attached hydrogens (tertiary/aromatic N) is 5. The normalized spacial score (nSPS) is 15.3. The van der Waals surface area contributed by atoms with E-state index in [1.807, 2.05) is 31.3 Å². The first kappa shape index (κ1) is 37.1. The second-order valence-corrected chi connectivity index (χ2v) is 12.4. The SMILES string of the molecule is C=N/C=C(\C=N/CCN(CCNC)CC(C)C(=O)O)Oc1cc(CN2CCC(CNC(C)=O)CC2)cc(-c2cc(Cl)cc(Cl)c2)n1. The molecule has 2 aromatic rings. The number of amides is 1. The molecule has 0 spiro atoms. The highest BCUT2D eigenvalue weighted by Crippen LogP contribution is 2.30. The second-order valence-electron chi connectivity index (χ2n) is 11.5. The van der Waals surface area contributed by atoms with Gasteiger partial charge in [0.1, 0.15) is 0 Å². The van der Waals surface area contributed by atoms with E-state index in [1.54, 1.807) is 26.1 Å². The van der Waals surface area contributed by atoms with Crippen molar-refractivity contribution in [2.75, 3.05) is 59.4 Å². The molecule has 1 saturated heterocycles. The smallest absolute Gasteiger partial charge is 0.307 e. The third-order valence-corrected chi connectivity index (χ3v) is 8.05. The zero-order chi connectivity index (χ0) is 33.5. The van der Waals surface area contributed by atoms with Crippen molar-refractivity contribution >= 4 is 48.0 Å². The van der Waals surface area contributed by atoms with Crippen LogP contribution in [0.1, 0.15) is 32.3 Å². The van der Waals surface area contributed by atoms with Crippen LogP contribution < -0.4 is 15.4 Å². The monoisotopic (exact) mass is 673 g/mol. The van der Waals surface area contributed by atoms with Crippen molar-refractivity contribution in [1.82, 2.24) is 25.4 Å². The molecule has 0 saturated carbocycles. The van der Waals surface area contributed by atoms with Crippen molar-refractivity contribution in [2.24, 2.45) is 21.8 Å². The van der Waals surface area contributed by atoms with E-state index in [9.17, 15) is 14.7 Å². The van der Waals surface area contributed by atoms with E-state index in [0.29, 0.717) is 72.6 Å². The van der Waals surface area contributed by atoms with Gasteiger partial charge in [0.15, 0.2) is 5.76 Å². The first-order valence-corrected chi connectivity index (χ1v) is 16.2. The largest absolute Gasteiger partial charge is 0.481 e. The van der Waals surface area contributed by atoms with Crippen molar-refractivity contribution in [3.63, 3.8) is 0 Å². The minimum absolute atomic E-state index is 0.00220. The summed E-state index contributed by atoms with van der Waals surface area (Å²) in [6, 6.07) is 9.21. The highest BCUT2D eigenvalue weighted by molar-refractivity contribution is 6.35. The molecule has 11 nitrogen and oxygen atoms in total. The predicted octanol–water partition coefficient (Wildman–Crippen LogP) is 4.64. The highest BCUT2D eigenvalue weighted by atomic mass is 35.5. The van der Waals surface area contributed by atoms with E-state index >= 15 is 0 Å². The van der Waals surface area contributed by atoms with Crippen LogP contribution in [0.5, 0.6) is 5.88 Å². The van der Waals surface area contributed by atoms with Gasteiger partial charge in [-0.25, -0.2) is 4.98 Å². The Balaban J connectivity index is 1.76. The lowest BCUT2D eigenvalue weighted by molar-refractivity contribution is -0.141. The molecule has 13 heteroatoms. The van der Waals surface area contributed by atoms with Crippen molar-refractivity contribution in [1.29, 1.82) is 0 Å². The topological polar surface area (TPSA) is 132 Å². The maximum atomic E-state index is 11.4. The molecular formula is C33H45Cl2N7O4. The number of carbonyl (C=O) groups excluding carboxylic acids is 1. The minimum atomic E-state index is -0.825. The van der Waals surface area contributed by atoms with Gasteiger partial charge in [-0.1, -0.05) is 30.1 Å². The number of hydrogen-bond acceptors (Lipinski definition) is 9. The van der Waals surface area contributed by atoms with Crippen molar-refractivity contribution in [3.05, 3.63) is 57.9 Å². The van der Waals surface area contributed by atoms with Gasteiger partial charge in [0.05, 0.1) is 30.6 Å². The maximum absolute atomic E-state index is 11.4. The molecule has 1 aliphatic heterocycles. The van der Waals surface area contributed by atoms with E-state index < -0.39 is 11.9 Å². The molecule has 0 radical (unpaired) electrons. The van der Waals surface area contributed by atoms with Crippen molar-refractivity contribution in [2.45, 2.75) is 33.2 Å². The van der Waals surface area contributed by atoms with Crippen LogP contribution in [-0.2, 0) is 16.1 Å². The van der Waals surface area contributed by atoms with Gasteiger partial charge in [0.2, 0.25) is 11.8 Å². The van der Waals surface area contributed by atoms with E-state index in [1.165, 1.54) is 6.20 Å². The number of pyridine rings is 1. The number of allylic oxidation sites excluding steroid dienone is 1. The number of carboxylic acids is 1. The summed E-state index contributed by atoms with van der Waals surface area (Å²) in [5.41, 5.74) is 2.43. The maximum Gasteiger partial charge on any atom is 0.307 e. The second kappa shape index (κ2) is 19.3. The predicted molar refractivity (Wildman–Crippen MR) is 185 cm³/mol. The Kier molecular flexibility index (Phi) is 15.6. The number of hydrogen-bond donors (Lipinski definition) is 3. The average molecular weight is 675 g/mol. The lowest BCUT2D eigenvalue weighted by atomic mass is 9.96. The number of carbonyl (C=O) groups is 2. The number of rotatable bonds is 18. The molecule has 1 aliphatic rings. The third kappa shape index (κ3) is 13.2. The summed E-state index contributed by atoms with van der Waals surface area (Å²) in [6.07, 6.45) is 5.05. The van der Waals surface area contributed by atoms with Crippen LogP contribution in [0.25, 0.3) is 11.3 Å². The number of nitrogens with one attached hydrogen (secondary N) is 2. The van der Waals surface area contributed by atoms with Gasteiger partial charge in [-0.2, -0.15) is 0 Å². The van der Waals surface area contributed by atoms with Crippen LogP contribution in [0.3, 0.4) is 0 Å². The zero-order valence-corrected chi connectivity index (χ0v) is 28.4. The number of benzene rings is 1.